The Balaban J connectivity index is 2.80. The number of benzene rings is 1. The summed E-state index contributed by atoms with van der Waals surface area (Å²) in [6, 6.07) is 5.52. The molecule has 0 unspecified atom stereocenters. The summed E-state index contributed by atoms with van der Waals surface area (Å²) in [4.78, 5) is 13.6. The predicted molar refractivity (Wildman–Crippen MR) is 86.7 cm³/mol. The van der Waals surface area contributed by atoms with Crippen LogP contribution >= 0.6 is 11.6 Å². The minimum Gasteiger partial charge on any atom is -0.380 e. The first-order chi connectivity index (χ1) is 10.1. The van der Waals surface area contributed by atoms with Crippen molar-refractivity contribution in [3.05, 3.63) is 28.8 Å². The number of ketones is 1. The monoisotopic (exact) mass is 313 g/mol. The molecule has 4 nitrogen and oxygen atoms in total. The van der Waals surface area contributed by atoms with E-state index in [9.17, 15) is 4.79 Å². The third-order valence-corrected chi connectivity index (χ3v) is 3.43. The van der Waals surface area contributed by atoms with Crippen molar-refractivity contribution in [1.29, 1.82) is 0 Å². The average Bonchev–Trinajstić information content (AvgIpc) is 2.45. The highest BCUT2D eigenvalue weighted by molar-refractivity contribution is 6.34. The average molecular weight is 314 g/mol. The lowest BCUT2D eigenvalue weighted by Gasteiger charge is -2.25. The van der Waals surface area contributed by atoms with Crippen LogP contribution in [0.3, 0.4) is 0 Å². The van der Waals surface area contributed by atoms with E-state index in [0.29, 0.717) is 37.0 Å². The number of hydrogen-bond acceptors (Lipinski definition) is 4. The molecular formula is C16H24ClNO3. The SMILES string of the molecule is CCOCCN(CCOCC)c1ccc(C(C)=O)c(Cl)c1. The van der Waals surface area contributed by atoms with Crippen molar-refractivity contribution in [2.45, 2.75) is 20.8 Å². The molecule has 0 fully saturated rings. The molecule has 0 atom stereocenters. The van der Waals surface area contributed by atoms with Gasteiger partial charge in [-0.05, 0) is 39.0 Å². The van der Waals surface area contributed by atoms with Crippen molar-refractivity contribution in [3.63, 3.8) is 0 Å². The summed E-state index contributed by atoms with van der Waals surface area (Å²) < 4.78 is 10.8. The molecule has 0 amide bonds. The van der Waals surface area contributed by atoms with E-state index in [0.717, 1.165) is 18.8 Å². The Labute approximate surface area is 132 Å². The number of rotatable bonds is 10. The van der Waals surface area contributed by atoms with Gasteiger partial charge in [-0.3, -0.25) is 4.79 Å². The summed E-state index contributed by atoms with van der Waals surface area (Å²) in [6.07, 6.45) is 0. The van der Waals surface area contributed by atoms with Gasteiger partial charge < -0.3 is 14.4 Å². The molecule has 0 saturated heterocycles. The minimum atomic E-state index is -0.0262. The lowest BCUT2D eigenvalue weighted by molar-refractivity contribution is 0.101. The molecule has 0 aromatic heterocycles. The highest BCUT2D eigenvalue weighted by Crippen LogP contribution is 2.24. The van der Waals surface area contributed by atoms with Crippen LogP contribution in [0, 0.1) is 0 Å². The molecule has 1 rings (SSSR count). The van der Waals surface area contributed by atoms with Crippen LogP contribution in [0.15, 0.2) is 18.2 Å². The number of Topliss-reactive ketones (excluding diaryl/α,β-unsaturated/α-hetero) is 1. The molecular weight excluding hydrogens is 290 g/mol. The largest absolute Gasteiger partial charge is 0.380 e. The fourth-order valence-corrected chi connectivity index (χ4v) is 2.30. The van der Waals surface area contributed by atoms with Crippen LogP contribution < -0.4 is 4.90 Å². The van der Waals surface area contributed by atoms with E-state index >= 15 is 0 Å². The van der Waals surface area contributed by atoms with Crippen molar-refractivity contribution < 1.29 is 14.3 Å². The molecule has 0 heterocycles. The van der Waals surface area contributed by atoms with Gasteiger partial charge in [0.15, 0.2) is 5.78 Å². The number of carbonyl (C=O) groups excluding carboxylic acids is 1. The van der Waals surface area contributed by atoms with Gasteiger partial charge in [0.25, 0.3) is 0 Å². The quantitative estimate of drug-likeness (QED) is 0.490. The Bertz CT molecular complexity index is 441. The van der Waals surface area contributed by atoms with Crippen LogP contribution in [0.2, 0.25) is 5.02 Å². The van der Waals surface area contributed by atoms with E-state index in [-0.39, 0.29) is 5.78 Å². The van der Waals surface area contributed by atoms with Gasteiger partial charge in [0.2, 0.25) is 0 Å². The second-order valence-corrected chi connectivity index (χ2v) is 5.01. The van der Waals surface area contributed by atoms with E-state index < -0.39 is 0 Å². The molecule has 118 valence electrons. The smallest absolute Gasteiger partial charge is 0.161 e. The highest BCUT2D eigenvalue weighted by atomic mass is 35.5. The van der Waals surface area contributed by atoms with Crippen molar-refractivity contribution in [3.8, 4) is 0 Å². The van der Waals surface area contributed by atoms with Gasteiger partial charge in [-0.15, -0.1) is 0 Å². The van der Waals surface area contributed by atoms with E-state index in [2.05, 4.69) is 4.90 Å². The molecule has 1 aromatic carbocycles. The van der Waals surface area contributed by atoms with E-state index in [1.165, 1.54) is 6.92 Å². The van der Waals surface area contributed by atoms with Crippen molar-refractivity contribution in [1.82, 2.24) is 0 Å². The zero-order valence-corrected chi connectivity index (χ0v) is 13.8. The molecule has 0 aliphatic rings. The third kappa shape index (κ3) is 6.04. The molecule has 0 N–H and O–H groups in total. The summed E-state index contributed by atoms with van der Waals surface area (Å²) in [5.74, 6) is -0.0262. The third-order valence-electron chi connectivity index (χ3n) is 3.12. The summed E-state index contributed by atoms with van der Waals surface area (Å²) in [5.41, 5.74) is 1.53. The van der Waals surface area contributed by atoms with Crippen molar-refractivity contribution in [2.24, 2.45) is 0 Å². The first-order valence-corrected chi connectivity index (χ1v) is 7.68. The number of anilines is 1. The summed E-state index contributed by atoms with van der Waals surface area (Å²) >= 11 is 6.18. The second kappa shape index (κ2) is 9.77. The van der Waals surface area contributed by atoms with Gasteiger partial charge >= 0.3 is 0 Å². The molecule has 5 heteroatoms. The summed E-state index contributed by atoms with van der Waals surface area (Å²) in [7, 11) is 0. The lowest BCUT2D eigenvalue weighted by Crippen LogP contribution is -2.31. The summed E-state index contributed by atoms with van der Waals surface area (Å²) in [5, 5.41) is 0.484. The van der Waals surface area contributed by atoms with Crippen molar-refractivity contribution in [2.75, 3.05) is 44.4 Å². The second-order valence-electron chi connectivity index (χ2n) is 4.60. The van der Waals surface area contributed by atoms with Gasteiger partial charge in [-0.2, -0.15) is 0 Å². The number of halogens is 1. The first kappa shape index (κ1) is 18.0. The van der Waals surface area contributed by atoms with E-state index in [1.54, 1.807) is 6.07 Å². The maximum absolute atomic E-state index is 11.4. The number of nitrogens with zero attached hydrogens (tertiary/aromatic N) is 1. The van der Waals surface area contributed by atoms with Gasteiger partial charge in [0.05, 0.1) is 18.2 Å². The molecule has 1 aromatic rings. The zero-order valence-electron chi connectivity index (χ0n) is 13.0. The fourth-order valence-electron chi connectivity index (χ4n) is 1.99. The Morgan fingerprint density at radius 3 is 2.14 bits per heavy atom. The molecule has 0 bridgehead atoms. The van der Waals surface area contributed by atoms with Crippen molar-refractivity contribution >= 4 is 23.1 Å². The number of ether oxygens (including phenoxy) is 2. The standard InChI is InChI=1S/C16H24ClNO3/c1-4-20-10-8-18(9-11-21-5-2)14-6-7-15(13(3)19)16(17)12-14/h6-7,12H,4-5,8-11H2,1-3H3. The summed E-state index contributed by atoms with van der Waals surface area (Å²) in [6.45, 7) is 9.68. The topological polar surface area (TPSA) is 38.8 Å². The lowest BCUT2D eigenvalue weighted by atomic mass is 10.1. The van der Waals surface area contributed by atoms with Crippen LogP contribution in [0.4, 0.5) is 5.69 Å². The zero-order chi connectivity index (χ0) is 15.7. The van der Waals surface area contributed by atoms with Crippen LogP contribution in [0.25, 0.3) is 0 Å². The molecule has 0 saturated carbocycles. The maximum Gasteiger partial charge on any atom is 0.161 e. The minimum absolute atomic E-state index is 0.0262. The molecule has 0 aliphatic carbocycles. The highest BCUT2D eigenvalue weighted by Gasteiger charge is 2.11. The molecule has 21 heavy (non-hydrogen) atoms. The molecule has 0 spiro atoms. The Hall–Kier alpha value is -1.10. The van der Waals surface area contributed by atoms with Gasteiger partial charge in [-0.1, -0.05) is 11.6 Å². The normalized spacial score (nSPS) is 10.7. The van der Waals surface area contributed by atoms with Crippen LogP contribution in [-0.2, 0) is 9.47 Å². The van der Waals surface area contributed by atoms with Crippen LogP contribution in [0.5, 0.6) is 0 Å². The molecule has 0 aliphatic heterocycles. The van der Waals surface area contributed by atoms with Crippen LogP contribution in [0.1, 0.15) is 31.1 Å². The van der Waals surface area contributed by atoms with Crippen LogP contribution in [-0.4, -0.2) is 45.3 Å². The number of hydrogen-bond donors (Lipinski definition) is 0. The van der Waals surface area contributed by atoms with Gasteiger partial charge in [-0.25, -0.2) is 0 Å². The first-order valence-electron chi connectivity index (χ1n) is 7.31. The Morgan fingerprint density at radius 2 is 1.71 bits per heavy atom. The predicted octanol–water partition coefficient (Wildman–Crippen LogP) is 3.42. The van der Waals surface area contributed by atoms with E-state index in [1.807, 2.05) is 26.0 Å². The van der Waals surface area contributed by atoms with Gasteiger partial charge in [0, 0.05) is 37.6 Å². The number of carbonyl (C=O) groups is 1. The maximum atomic E-state index is 11.4. The fraction of sp³-hybridized carbons (Fsp3) is 0.562. The van der Waals surface area contributed by atoms with E-state index in [4.69, 9.17) is 21.1 Å². The van der Waals surface area contributed by atoms with Gasteiger partial charge in [0.1, 0.15) is 0 Å². The molecule has 0 radical (unpaired) electrons. The Morgan fingerprint density at radius 1 is 1.14 bits per heavy atom. The Kier molecular flexibility index (Phi) is 8.35.